The normalized spacial score (nSPS) is 11.9. The van der Waals surface area contributed by atoms with Crippen LogP contribution in [0.25, 0.3) is 0 Å². The summed E-state index contributed by atoms with van der Waals surface area (Å²) < 4.78 is 23.7. The molecule has 0 saturated heterocycles. The van der Waals surface area contributed by atoms with E-state index in [2.05, 4.69) is 11.9 Å². The standard InChI is InChI=1S/C10H17ClN2O2S/c1-2-3-4-5-6-7-13-8-10(12-9-13)16(11,14)15/h8-9H,2-7H2,1H3. The van der Waals surface area contributed by atoms with Crippen LogP contribution in [0.1, 0.15) is 39.0 Å². The summed E-state index contributed by atoms with van der Waals surface area (Å²) in [6.45, 7) is 2.97. The van der Waals surface area contributed by atoms with Crippen LogP contribution < -0.4 is 0 Å². The Hall–Kier alpha value is -0.550. The first-order chi connectivity index (χ1) is 7.54. The first-order valence-corrected chi connectivity index (χ1v) is 7.81. The molecule has 0 fully saturated rings. The Kier molecular flexibility index (Phi) is 5.28. The van der Waals surface area contributed by atoms with E-state index in [-0.39, 0.29) is 5.03 Å². The summed E-state index contributed by atoms with van der Waals surface area (Å²) in [5.41, 5.74) is 0. The Morgan fingerprint density at radius 3 is 2.56 bits per heavy atom. The number of hydrogen-bond acceptors (Lipinski definition) is 3. The lowest BCUT2D eigenvalue weighted by Crippen LogP contribution is -1.95. The van der Waals surface area contributed by atoms with Crippen molar-refractivity contribution in [3.63, 3.8) is 0 Å². The molecule has 1 aromatic heterocycles. The molecule has 0 aliphatic heterocycles. The van der Waals surface area contributed by atoms with Gasteiger partial charge in [0.25, 0.3) is 9.05 Å². The molecular weight excluding hydrogens is 248 g/mol. The third-order valence-corrected chi connectivity index (χ3v) is 3.56. The molecule has 16 heavy (non-hydrogen) atoms. The lowest BCUT2D eigenvalue weighted by molar-refractivity contribution is 0.567. The fourth-order valence-corrected chi connectivity index (χ4v) is 2.16. The number of rotatable bonds is 7. The second kappa shape index (κ2) is 6.25. The van der Waals surface area contributed by atoms with Crippen molar-refractivity contribution in [2.45, 2.75) is 50.6 Å². The first kappa shape index (κ1) is 13.5. The molecule has 0 unspecified atom stereocenters. The summed E-state index contributed by atoms with van der Waals surface area (Å²) in [5, 5.41) is -0.0669. The molecule has 0 amide bonds. The van der Waals surface area contributed by atoms with Crippen molar-refractivity contribution in [2.75, 3.05) is 0 Å². The van der Waals surface area contributed by atoms with E-state index in [0.717, 1.165) is 19.4 Å². The molecule has 92 valence electrons. The van der Waals surface area contributed by atoms with Gasteiger partial charge in [0.1, 0.15) is 0 Å². The summed E-state index contributed by atoms with van der Waals surface area (Å²) in [6, 6.07) is 0. The quantitative estimate of drug-likeness (QED) is 0.562. The van der Waals surface area contributed by atoms with Gasteiger partial charge in [-0.25, -0.2) is 13.4 Å². The average molecular weight is 265 g/mol. The second-order valence-electron chi connectivity index (χ2n) is 3.80. The van der Waals surface area contributed by atoms with E-state index in [4.69, 9.17) is 10.7 Å². The zero-order valence-electron chi connectivity index (χ0n) is 9.39. The van der Waals surface area contributed by atoms with Crippen LogP contribution in [0, 0.1) is 0 Å². The summed E-state index contributed by atoms with van der Waals surface area (Å²) in [5.74, 6) is 0. The van der Waals surface area contributed by atoms with Crippen LogP contribution >= 0.6 is 10.7 Å². The number of nitrogens with zero attached hydrogens (tertiary/aromatic N) is 2. The zero-order valence-corrected chi connectivity index (χ0v) is 11.0. The van der Waals surface area contributed by atoms with Gasteiger partial charge < -0.3 is 4.57 Å². The van der Waals surface area contributed by atoms with E-state index >= 15 is 0 Å². The SMILES string of the molecule is CCCCCCCn1cnc(S(=O)(=O)Cl)c1. The predicted octanol–water partition coefficient (Wildman–Crippen LogP) is 2.78. The maximum atomic E-state index is 11.0. The fourth-order valence-electron chi connectivity index (χ4n) is 1.49. The van der Waals surface area contributed by atoms with E-state index in [9.17, 15) is 8.42 Å². The van der Waals surface area contributed by atoms with E-state index in [1.165, 1.54) is 31.8 Å². The van der Waals surface area contributed by atoms with Gasteiger partial charge in [-0.1, -0.05) is 32.6 Å². The third kappa shape index (κ3) is 4.53. The molecule has 0 saturated carbocycles. The van der Waals surface area contributed by atoms with Crippen LogP contribution in [0.4, 0.5) is 0 Å². The Morgan fingerprint density at radius 2 is 2.00 bits per heavy atom. The lowest BCUT2D eigenvalue weighted by atomic mass is 10.1. The van der Waals surface area contributed by atoms with E-state index in [0.29, 0.717) is 0 Å². The maximum absolute atomic E-state index is 11.0. The molecule has 1 aromatic rings. The number of halogens is 1. The Labute approximate surface area is 101 Å². The Bertz CT molecular complexity index is 414. The van der Waals surface area contributed by atoms with Gasteiger partial charge in [-0.2, -0.15) is 0 Å². The molecule has 0 aliphatic carbocycles. The van der Waals surface area contributed by atoms with Gasteiger partial charge in [-0.05, 0) is 6.42 Å². The highest BCUT2D eigenvalue weighted by Crippen LogP contribution is 2.12. The molecule has 0 N–H and O–H groups in total. The van der Waals surface area contributed by atoms with Crippen LogP contribution in [0.15, 0.2) is 17.6 Å². The molecule has 0 spiro atoms. The minimum absolute atomic E-state index is 0.0669. The highest BCUT2D eigenvalue weighted by molar-refractivity contribution is 8.13. The van der Waals surface area contributed by atoms with Crippen LogP contribution in [-0.2, 0) is 15.6 Å². The van der Waals surface area contributed by atoms with Crippen molar-refractivity contribution >= 4 is 19.7 Å². The smallest absolute Gasteiger partial charge is 0.280 e. The summed E-state index contributed by atoms with van der Waals surface area (Å²) in [6.07, 6.45) is 8.89. The van der Waals surface area contributed by atoms with E-state index < -0.39 is 9.05 Å². The number of aryl methyl sites for hydroxylation is 1. The van der Waals surface area contributed by atoms with Crippen LogP contribution in [0.5, 0.6) is 0 Å². The van der Waals surface area contributed by atoms with Gasteiger partial charge in [0.2, 0.25) is 0 Å². The van der Waals surface area contributed by atoms with Crippen molar-refractivity contribution in [1.82, 2.24) is 9.55 Å². The lowest BCUT2D eigenvalue weighted by Gasteiger charge is -2.01. The molecule has 1 rings (SSSR count). The largest absolute Gasteiger partial charge is 0.336 e. The molecule has 0 atom stereocenters. The Morgan fingerprint density at radius 1 is 1.31 bits per heavy atom. The van der Waals surface area contributed by atoms with Crippen LogP contribution in [0.2, 0.25) is 0 Å². The van der Waals surface area contributed by atoms with Gasteiger partial charge in [0, 0.05) is 23.4 Å². The third-order valence-electron chi connectivity index (χ3n) is 2.38. The van der Waals surface area contributed by atoms with Gasteiger partial charge in [0.05, 0.1) is 6.33 Å². The maximum Gasteiger partial charge on any atom is 0.280 e. The van der Waals surface area contributed by atoms with Crippen molar-refractivity contribution in [1.29, 1.82) is 0 Å². The average Bonchev–Trinajstić information content (AvgIpc) is 2.65. The second-order valence-corrected chi connectivity index (χ2v) is 6.31. The van der Waals surface area contributed by atoms with Crippen molar-refractivity contribution in [2.24, 2.45) is 0 Å². The molecule has 1 heterocycles. The molecular formula is C10H17ClN2O2S. The zero-order chi connectivity index (χ0) is 12.0. The van der Waals surface area contributed by atoms with Gasteiger partial charge in [0.15, 0.2) is 5.03 Å². The number of aromatic nitrogens is 2. The summed E-state index contributed by atoms with van der Waals surface area (Å²) in [4.78, 5) is 3.75. The molecule has 0 bridgehead atoms. The molecule has 6 heteroatoms. The summed E-state index contributed by atoms with van der Waals surface area (Å²) >= 11 is 0. The molecule has 0 aromatic carbocycles. The highest BCUT2D eigenvalue weighted by Gasteiger charge is 2.12. The Balaban J connectivity index is 2.36. The van der Waals surface area contributed by atoms with E-state index in [1.807, 2.05) is 0 Å². The summed E-state index contributed by atoms with van der Waals surface area (Å²) in [7, 11) is 1.49. The number of unbranched alkanes of at least 4 members (excludes halogenated alkanes) is 4. The van der Waals surface area contributed by atoms with Gasteiger partial charge >= 0.3 is 0 Å². The molecule has 0 aliphatic rings. The predicted molar refractivity (Wildman–Crippen MR) is 64.0 cm³/mol. The fraction of sp³-hybridized carbons (Fsp3) is 0.700. The number of imidazole rings is 1. The van der Waals surface area contributed by atoms with Gasteiger partial charge in [-0.15, -0.1) is 0 Å². The minimum atomic E-state index is -3.68. The van der Waals surface area contributed by atoms with Crippen LogP contribution in [0.3, 0.4) is 0 Å². The topological polar surface area (TPSA) is 52.0 Å². The molecule has 4 nitrogen and oxygen atoms in total. The number of hydrogen-bond donors (Lipinski definition) is 0. The van der Waals surface area contributed by atoms with Crippen LogP contribution in [-0.4, -0.2) is 18.0 Å². The van der Waals surface area contributed by atoms with Crippen molar-refractivity contribution in [3.05, 3.63) is 12.5 Å². The molecule has 0 radical (unpaired) electrons. The van der Waals surface area contributed by atoms with E-state index in [1.54, 1.807) is 4.57 Å². The monoisotopic (exact) mass is 264 g/mol. The first-order valence-electron chi connectivity index (χ1n) is 5.50. The highest BCUT2D eigenvalue weighted by atomic mass is 35.7. The van der Waals surface area contributed by atoms with Crippen molar-refractivity contribution in [3.8, 4) is 0 Å². The van der Waals surface area contributed by atoms with Crippen molar-refractivity contribution < 1.29 is 8.42 Å². The van der Waals surface area contributed by atoms with Gasteiger partial charge in [-0.3, -0.25) is 0 Å². The minimum Gasteiger partial charge on any atom is -0.336 e.